The normalized spacial score (nSPS) is 11.7. The Kier molecular flexibility index (Phi) is 5.12. The molecular weight excluding hydrogens is 328 g/mol. The van der Waals surface area contributed by atoms with Crippen molar-refractivity contribution in [2.45, 2.75) is 39.4 Å². The molecule has 21 heavy (non-hydrogen) atoms. The zero-order chi connectivity index (χ0) is 15.5. The van der Waals surface area contributed by atoms with Gasteiger partial charge in [-0.3, -0.25) is 0 Å². The summed E-state index contributed by atoms with van der Waals surface area (Å²) >= 11 is 3.53. The summed E-state index contributed by atoms with van der Waals surface area (Å²) in [5, 5.41) is 3.50. The van der Waals surface area contributed by atoms with Gasteiger partial charge in [-0.1, -0.05) is 6.07 Å². The molecule has 0 spiro atoms. The van der Waals surface area contributed by atoms with E-state index in [9.17, 15) is 0 Å². The zero-order valence-electron chi connectivity index (χ0n) is 13.1. The average Bonchev–Trinajstić information content (AvgIpc) is 2.83. The molecule has 4 heteroatoms. The zero-order valence-corrected chi connectivity index (χ0v) is 14.7. The lowest BCUT2D eigenvalue weighted by atomic mass is 10.1. The number of benzene rings is 1. The van der Waals surface area contributed by atoms with Gasteiger partial charge in [0.1, 0.15) is 5.75 Å². The van der Waals surface area contributed by atoms with Gasteiger partial charge < -0.3 is 14.6 Å². The second-order valence-electron chi connectivity index (χ2n) is 6.26. The molecule has 114 valence electrons. The van der Waals surface area contributed by atoms with Gasteiger partial charge in [0.25, 0.3) is 0 Å². The van der Waals surface area contributed by atoms with E-state index in [0.29, 0.717) is 0 Å². The van der Waals surface area contributed by atoms with Crippen molar-refractivity contribution in [3.05, 3.63) is 52.3 Å². The van der Waals surface area contributed by atoms with Crippen LogP contribution in [0.2, 0.25) is 0 Å². The van der Waals surface area contributed by atoms with Crippen molar-refractivity contribution in [1.82, 2.24) is 9.88 Å². The first-order chi connectivity index (χ1) is 9.87. The van der Waals surface area contributed by atoms with Crippen molar-refractivity contribution < 1.29 is 4.74 Å². The third kappa shape index (κ3) is 4.90. The van der Waals surface area contributed by atoms with Crippen LogP contribution in [0, 0.1) is 0 Å². The number of aromatic nitrogens is 1. The van der Waals surface area contributed by atoms with Crippen LogP contribution in [0.4, 0.5) is 0 Å². The first-order valence-electron chi connectivity index (χ1n) is 7.09. The SMILES string of the molecule is COc1ccc(Cn2ccc(CNC(C)(C)C)c2)cc1Br. The summed E-state index contributed by atoms with van der Waals surface area (Å²) in [5.41, 5.74) is 2.69. The van der Waals surface area contributed by atoms with Gasteiger partial charge in [-0.05, 0) is 66.0 Å². The molecule has 2 rings (SSSR count). The fraction of sp³-hybridized carbons (Fsp3) is 0.412. The third-order valence-corrected chi connectivity index (χ3v) is 3.84. The van der Waals surface area contributed by atoms with Crippen molar-refractivity contribution in [1.29, 1.82) is 0 Å². The number of ether oxygens (including phenoxy) is 1. The van der Waals surface area contributed by atoms with Gasteiger partial charge in [-0.15, -0.1) is 0 Å². The van der Waals surface area contributed by atoms with Gasteiger partial charge in [-0.25, -0.2) is 0 Å². The Morgan fingerprint density at radius 2 is 1.95 bits per heavy atom. The Hall–Kier alpha value is -1.26. The number of hydrogen-bond donors (Lipinski definition) is 1. The van der Waals surface area contributed by atoms with E-state index in [2.05, 4.69) is 77.2 Å². The van der Waals surface area contributed by atoms with E-state index in [-0.39, 0.29) is 5.54 Å². The van der Waals surface area contributed by atoms with E-state index in [4.69, 9.17) is 4.74 Å². The number of hydrogen-bond acceptors (Lipinski definition) is 2. The molecule has 0 aliphatic carbocycles. The van der Waals surface area contributed by atoms with Gasteiger partial charge in [-0.2, -0.15) is 0 Å². The fourth-order valence-electron chi connectivity index (χ4n) is 2.08. The maximum atomic E-state index is 5.26. The van der Waals surface area contributed by atoms with Crippen LogP contribution in [0.25, 0.3) is 0 Å². The van der Waals surface area contributed by atoms with E-state index < -0.39 is 0 Å². The van der Waals surface area contributed by atoms with Crippen molar-refractivity contribution in [3.63, 3.8) is 0 Å². The summed E-state index contributed by atoms with van der Waals surface area (Å²) < 4.78 is 8.45. The maximum Gasteiger partial charge on any atom is 0.133 e. The van der Waals surface area contributed by atoms with E-state index in [1.165, 1.54) is 11.1 Å². The van der Waals surface area contributed by atoms with Crippen LogP contribution >= 0.6 is 15.9 Å². The summed E-state index contributed by atoms with van der Waals surface area (Å²) in [6.45, 7) is 8.29. The first kappa shape index (κ1) is 16.1. The molecule has 1 N–H and O–H groups in total. The minimum Gasteiger partial charge on any atom is -0.496 e. The average molecular weight is 351 g/mol. The fourth-order valence-corrected chi connectivity index (χ4v) is 2.67. The van der Waals surface area contributed by atoms with E-state index in [0.717, 1.165) is 23.3 Å². The van der Waals surface area contributed by atoms with Crippen LogP contribution in [0.15, 0.2) is 41.1 Å². The molecule has 3 nitrogen and oxygen atoms in total. The van der Waals surface area contributed by atoms with E-state index in [1.54, 1.807) is 7.11 Å². The van der Waals surface area contributed by atoms with Gasteiger partial charge >= 0.3 is 0 Å². The molecule has 2 aromatic rings. The molecule has 1 aromatic carbocycles. The van der Waals surface area contributed by atoms with Crippen LogP contribution in [-0.4, -0.2) is 17.2 Å². The minimum atomic E-state index is 0.142. The molecule has 1 heterocycles. The van der Waals surface area contributed by atoms with Gasteiger partial charge in [0.2, 0.25) is 0 Å². The molecule has 0 unspecified atom stereocenters. The molecule has 0 atom stereocenters. The van der Waals surface area contributed by atoms with E-state index in [1.807, 2.05) is 6.07 Å². The summed E-state index contributed by atoms with van der Waals surface area (Å²) in [6.07, 6.45) is 4.31. The smallest absolute Gasteiger partial charge is 0.133 e. The Morgan fingerprint density at radius 1 is 1.19 bits per heavy atom. The van der Waals surface area contributed by atoms with Crippen molar-refractivity contribution in [2.24, 2.45) is 0 Å². The molecule has 0 saturated heterocycles. The highest BCUT2D eigenvalue weighted by Crippen LogP contribution is 2.25. The lowest BCUT2D eigenvalue weighted by Gasteiger charge is -2.19. The molecule has 0 aliphatic rings. The summed E-state index contributed by atoms with van der Waals surface area (Å²) in [4.78, 5) is 0. The highest BCUT2D eigenvalue weighted by Gasteiger charge is 2.09. The summed E-state index contributed by atoms with van der Waals surface area (Å²) in [7, 11) is 1.68. The van der Waals surface area contributed by atoms with Crippen LogP contribution in [0.3, 0.4) is 0 Å². The topological polar surface area (TPSA) is 26.2 Å². The second kappa shape index (κ2) is 6.67. The molecule has 0 radical (unpaired) electrons. The number of rotatable bonds is 5. The Labute approximate surface area is 135 Å². The van der Waals surface area contributed by atoms with Gasteiger partial charge in [0.05, 0.1) is 11.6 Å². The van der Waals surface area contributed by atoms with Crippen molar-refractivity contribution in [3.8, 4) is 5.75 Å². The molecule has 0 fully saturated rings. The van der Waals surface area contributed by atoms with Crippen LogP contribution in [0.5, 0.6) is 5.75 Å². The Bertz CT molecular complexity index is 599. The summed E-state index contributed by atoms with van der Waals surface area (Å²) in [5.74, 6) is 0.862. The monoisotopic (exact) mass is 350 g/mol. The second-order valence-corrected chi connectivity index (χ2v) is 7.12. The molecule has 0 saturated carbocycles. The number of methoxy groups -OCH3 is 1. The van der Waals surface area contributed by atoms with Crippen molar-refractivity contribution in [2.75, 3.05) is 7.11 Å². The maximum absolute atomic E-state index is 5.26. The quantitative estimate of drug-likeness (QED) is 0.874. The van der Waals surface area contributed by atoms with Crippen molar-refractivity contribution >= 4 is 15.9 Å². The highest BCUT2D eigenvalue weighted by molar-refractivity contribution is 9.10. The molecule has 0 bridgehead atoms. The predicted octanol–water partition coefficient (Wildman–Crippen LogP) is 4.20. The lowest BCUT2D eigenvalue weighted by Crippen LogP contribution is -2.34. The number of nitrogens with one attached hydrogen (secondary N) is 1. The predicted molar refractivity (Wildman–Crippen MR) is 90.8 cm³/mol. The van der Waals surface area contributed by atoms with Gasteiger partial charge in [0.15, 0.2) is 0 Å². The number of halogens is 1. The van der Waals surface area contributed by atoms with Crippen LogP contribution < -0.4 is 10.1 Å². The summed E-state index contributed by atoms with van der Waals surface area (Å²) in [6, 6.07) is 8.35. The molecule has 1 aromatic heterocycles. The Balaban J connectivity index is 2.00. The minimum absolute atomic E-state index is 0.142. The van der Waals surface area contributed by atoms with E-state index >= 15 is 0 Å². The largest absolute Gasteiger partial charge is 0.496 e. The van der Waals surface area contributed by atoms with Crippen LogP contribution in [0.1, 0.15) is 31.9 Å². The highest BCUT2D eigenvalue weighted by atomic mass is 79.9. The molecule has 0 amide bonds. The van der Waals surface area contributed by atoms with Gasteiger partial charge in [0, 0.05) is 31.0 Å². The van der Waals surface area contributed by atoms with Crippen LogP contribution in [-0.2, 0) is 13.1 Å². The molecule has 0 aliphatic heterocycles. The molecular formula is C17H23BrN2O. The standard InChI is InChI=1S/C17H23BrN2O/c1-17(2,3)19-10-14-7-8-20(12-14)11-13-5-6-16(21-4)15(18)9-13/h5-9,12,19H,10-11H2,1-4H3. The lowest BCUT2D eigenvalue weighted by molar-refractivity contribution is 0.412. The number of nitrogens with zero attached hydrogens (tertiary/aromatic N) is 1. The Morgan fingerprint density at radius 3 is 2.57 bits per heavy atom. The third-order valence-electron chi connectivity index (χ3n) is 3.22. The first-order valence-corrected chi connectivity index (χ1v) is 7.89.